The number of aromatic nitrogens is 2. The molecule has 6 nitrogen and oxygen atoms in total. The molecular formula is C15H19N3O3. The van der Waals surface area contributed by atoms with Gasteiger partial charge in [-0.2, -0.15) is 0 Å². The highest BCUT2D eigenvalue weighted by molar-refractivity contribution is 6.04. The van der Waals surface area contributed by atoms with Crippen molar-refractivity contribution in [2.75, 3.05) is 31.7 Å². The van der Waals surface area contributed by atoms with Crippen LogP contribution in [-0.2, 0) is 9.47 Å². The summed E-state index contributed by atoms with van der Waals surface area (Å²) in [7, 11) is 0. The Labute approximate surface area is 123 Å². The van der Waals surface area contributed by atoms with Crippen molar-refractivity contribution >= 4 is 22.7 Å². The number of carbonyl (C=O) groups excluding carboxylic acids is 1. The van der Waals surface area contributed by atoms with Crippen LogP contribution in [0.2, 0.25) is 0 Å². The minimum atomic E-state index is -0.413. The minimum absolute atomic E-state index is 0.226. The fourth-order valence-corrected chi connectivity index (χ4v) is 1.97. The van der Waals surface area contributed by atoms with Crippen molar-refractivity contribution in [1.82, 2.24) is 9.97 Å². The van der Waals surface area contributed by atoms with Gasteiger partial charge in [-0.3, -0.25) is 0 Å². The second-order valence-corrected chi connectivity index (χ2v) is 4.28. The zero-order valence-corrected chi connectivity index (χ0v) is 12.3. The first-order valence-corrected chi connectivity index (χ1v) is 7.00. The maximum absolute atomic E-state index is 12.2. The number of nitrogens with one attached hydrogen (secondary N) is 1. The Morgan fingerprint density at radius 1 is 1.29 bits per heavy atom. The summed E-state index contributed by atoms with van der Waals surface area (Å²) < 4.78 is 10.4. The summed E-state index contributed by atoms with van der Waals surface area (Å²) in [6, 6.07) is 3.69. The molecule has 2 aromatic heterocycles. The number of hydrogen-bond donors (Lipinski definition) is 1. The third-order valence-electron chi connectivity index (χ3n) is 2.88. The van der Waals surface area contributed by atoms with Crippen LogP contribution < -0.4 is 5.32 Å². The van der Waals surface area contributed by atoms with Gasteiger partial charge in [0.25, 0.3) is 0 Å². The zero-order chi connectivity index (χ0) is 15.1. The molecule has 0 fully saturated rings. The first-order valence-electron chi connectivity index (χ1n) is 7.00. The molecule has 21 heavy (non-hydrogen) atoms. The van der Waals surface area contributed by atoms with E-state index in [1.54, 1.807) is 6.20 Å². The van der Waals surface area contributed by atoms with Gasteiger partial charge in [0, 0.05) is 30.9 Å². The molecule has 2 aromatic rings. The SMILES string of the molecule is CCNc1c(C(=O)OCCOCC)cnc2ncccc12. The van der Waals surface area contributed by atoms with Crippen molar-refractivity contribution in [3.63, 3.8) is 0 Å². The number of nitrogens with zero attached hydrogens (tertiary/aromatic N) is 2. The van der Waals surface area contributed by atoms with Gasteiger partial charge in [-0.25, -0.2) is 14.8 Å². The largest absolute Gasteiger partial charge is 0.460 e. The fourth-order valence-electron chi connectivity index (χ4n) is 1.97. The predicted octanol–water partition coefficient (Wildman–Crippen LogP) is 2.25. The Hall–Kier alpha value is -2.21. The maximum Gasteiger partial charge on any atom is 0.341 e. The van der Waals surface area contributed by atoms with Crippen LogP contribution in [0.5, 0.6) is 0 Å². The Kier molecular flexibility index (Phi) is 5.45. The summed E-state index contributed by atoms with van der Waals surface area (Å²) in [5, 5.41) is 3.99. The van der Waals surface area contributed by atoms with Crippen LogP contribution in [-0.4, -0.2) is 42.3 Å². The quantitative estimate of drug-likeness (QED) is 0.622. The molecule has 2 heterocycles. The molecule has 0 unspecified atom stereocenters. The molecule has 0 aliphatic heterocycles. The molecule has 0 aliphatic rings. The van der Waals surface area contributed by atoms with Crippen molar-refractivity contribution in [2.45, 2.75) is 13.8 Å². The minimum Gasteiger partial charge on any atom is -0.460 e. The number of hydrogen-bond acceptors (Lipinski definition) is 6. The van der Waals surface area contributed by atoms with Gasteiger partial charge < -0.3 is 14.8 Å². The summed E-state index contributed by atoms with van der Waals surface area (Å²) in [5.41, 5.74) is 1.71. The zero-order valence-electron chi connectivity index (χ0n) is 12.3. The third kappa shape index (κ3) is 3.66. The molecule has 1 N–H and O–H groups in total. The lowest BCUT2D eigenvalue weighted by atomic mass is 10.1. The molecule has 0 aliphatic carbocycles. The molecular weight excluding hydrogens is 270 g/mol. The van der Waals surface area contributed by atoms with E-state index in [1.807, 2.05) is 26.0 Å². The Bertz CT molecular complexity index is 616. The topological polar surface area (TPSA) is 73.3 Å². The molecule has 0 saturated heterocycles. The van der Waals surface area contributed by atoms with Crippen LogP contribution in [0.15, 0.2) is 24.5 Å². The van der Waals surface area contributed by atoms with E-state index in [2.05, 4.69) is 15.3 Å². The Morgan fingerprint density at radius 3 is 2.90 bits per heavy atom. The van der Waals surface area contributed by atoms with Crippen molar-refractivity contribution < 1.29 is 14.3 Å². The summed E-state index contributed by atoms with van der Waals surface area (Å²) >= 11 is 0. The molecule has 0 bridgehead atoms. The van der Waals surface area contributed by atoms with E-state index in [-0.39, 0.29) is 6.61 Å². The lowest BCUT2D eigenvalue weighted by Crippen LogP contribution is -2.14. The van der Waals surface area contributed by atoms with Gasteiger partial charge in [0.05, 0.1) is 12.3 Å². The van der Waals surface area contributed by atoms with Gasteiger partial charge >= 0.3 is 5.97 Å². The highest BCUT2D eigenvalue weighted by Crippen LogP contribution is 2.25. The van der Waals surface area contributed by atoms with Crippen molar-refractivity contribution in [3.8, 4) is 0 Å². The van der Waals surface area contributed by atoms with Crippen LogP contribution in [0.25, 0.3) is 11.0 Å². The van der Waals surface area contributed by atoms with Crippen LogP contribution >= 0.6 is 0 Å². The lowest BCUT2D eigenvalue weighted by Gasteiger charge is -2.12. The monoisotopic (exact) mass is 289 g/mol. The van der Waals surface area contributed by atoms with E-state index >= 15 is 0 Å². The summed E-state index contributed by atoms with van der Waals surface area (Å²) in [4.78, 5) is 20.6. The first-order chi connectivity index (χ1) is 10.3. The van der Waals surface area contributed by atoms with Crippen molar-refractivity contribution in [1.29, 1.82) is 0 Å². The molecule has 0 radical (unpaired) electrons. The van der Waals surface area contributed by atoms with Crippen molar-refractivity contribution in [3.05, 3.63) is 30.1 Å². The molecule has 112 valence electrons. The number of pyridine rings is 2. The number of anilines is 1. The van der Waals surface area contributed by atoms with Gasteiger partial charge in [-0.15, -0.1) is 0 Å². The van der Waals surface area contributed by atoms with E-state index in [9.17, 15) is 4.79 Å². The van der Waals surface area contributed by atoms with E-state index in [4.69, 9.17) is 9.47 Å². The predicted molar refractivity (Wildman–Crippen MR) is 80.5 cm³/mol. The standard InChI is InChI=1S/C15H19N3O3/c1-3-16-13-11-6-5-7-17-14(11)18-10-12(13)15(19)21-9-8-20-4-2/h5-7,10H,3-4,8-9H2,1-2H3,(H,16,17,18). The number of esters is 1. The second kappa shape index (κ2) is 7.54. The van der Waals surface area contributed by atoms with Crippen LogP contribution in [0.3, 0.4) is 0 Å². The van der Waals surface area contributed by atoms with Gasteiger partial charge in [0.1, 0.15) is 12.2 Å². The number of rotatable bonds is 7. The third-order valence-corrected chi connectivity index (χ3v) is 2.88. The van der Waals surface area contributed by atoms with Crippen LogP contribution in [0.4, 0.5) is 5.69 Å². The average Bonchev–Trinajstić information content (AvgIpc) is 2.52. The molecule has 2 rings (SSSR count). The number of fused-ring (bicyclic) bond motifs is 1. The molecule has 0 amide bonds. The van der Waals surface area contributed by atoms with E-state index in [0.717, 1.165) is 5.39 Å². The van der Waals surface area contributed by atoms with E-state index in [0.29, 0.717) is 36.7 Å². The van der Waals surface area contributed by atoms with Crippen molar-refractivity contribution in [2.24, 2.45) is 0 Å². The average molecular weight is 289 g/mol. The summed E-state index contributed by atoms with van der Waals surface area (Å²) in [6.07, 6.45) is 3.17. The molecule has 0 aromatic carbocycles. The van der Waals surface area contributed by atoms with E-state index in [1.165, 1.54) is 6.20 Å². The van der Waals surface area contributed by atoms with Crippen LogP contribution in [0, 0.1) is 0 Å². The number of carbonyl (C=O) groups is 1. The van der Waals surface area contributed by atoms with E-state index < -0.39 is 5.97 Å². The highest BCUT2D eigenvalue weighted by Gasteiger charge is 2.16. The summed E-state index contributed by atoms with van der Waals surface area (Å²) in [6.45, 7) is 5.76. The Morgan fingerprint density at radius 2 is 2.14 bits per heavy atom. The number of ether oxygens (including phenoxy) is 2. The fraction of sp³-hybridized carbons (Fsp3) is 0.400. The normalized spacial score (nSPS) is 10.6. The smallest absolute Gasteiger partial charge is 0.341 e. The molecule has 0 spiro atoms. The first kappa shape index (κ1) is 15.2. The van der Waals surface area contributed by atoms with Gasteiger partial charge in [-0.1, -0.05) is 0 Å². The summed E-state index contributed by atoms with van der Waals surface area (Å²) in [5.74, 6) is -0.413. The van der Waals surface area contributed by atoms with Gasteiger partial charge in [0.15, 0.2) is 5.65 Å². The maximum atomic E-state index is 12.2. The van der Waals surface area contributed by atoms with Gasteiger partial charge in [0.2, 0.25) is 0 Å². The van der Waals surface area contributed by atoms with Crippen LogP contribution in [0.1, 0.15) is 24.2 Å². The Balaban J connectivity index is 2.25. The molecule has 6 heteroatoms. The second-order valence-electron chi connectivity index (χ2n) is 4.28. The molecule has 0 atom stereocenters. The highest BCUT2D eigenvalue weighted by atomic mass is 16.6. The van der Waals surface area contributed by atoms with Gasteiger partial charge in [-0.05, 0) is 26.0 Å². The molecule has 0 saturated carbocycles. The lowest BCUT2D eigenvalue weighted by molar-refractivity contribution is 0.0336.